The normalized spacial score (nSPS) is 11.3. The minimum atomic E-state index is -1.25. The fourth-order valence-electron chi connectivity index (χ4n) is 3.03. The lowest BCUT2D eigenvalue weighted by molar-refractivity contribution is -0.135. The number of aromatic nitrogens is 2. The van der Waals surface area contributed by atoms with Crippen molar-refractivity contribution in [1.82, 2.24) is 20.6 Å². The van der Waals surface area contributed by atoms with E-state index in [9.17, 15) is 19.2 Å². The van der Waals surface area contributed by atoms with E-state index in [4.69, 9.17) is 9.84 Å². The highest BCUT2D eigenvalue weighted by atomic mass is 16.5. The van der Waals surface area contributed by atoms with E-state index in [1.165, 1.54) is 0 Å². The fraction of sp³-hybridized carbons (Fsp3) is 0.174. The Morgan fingerprint density at radius 3 is 2.18 bits per heavy atom. The molecule has 0 spiro atoms. The van der Waals surface area contributed by atoms with Crippen LogP contribution in [-0.2, 0) is 4.79 Å². The Bertz CT molecular complexity index is 1220. The minimum absolute atomic E-state index is 0.296. The van der Waals surface area contributed by atoms with Crippen LogP contribution in [0, 0.1) is 6.92 Å². The number of nitrogens with zero attached hydrogens (tertiary/aromatic N) is 1. The Hall–Kier alpha value is -4.47. The van der Waals surface area contributed by atoms with Gasteiger partial charge in [-0.3, -0.25) is 19.2 Å². The third-order valence-corrected chi connectivity index (χ3v) is 4.79. The van der Waals surface area contributed by atoms with E-state index in [1.54, 1.807) is 19.2 Å². The highest BCUT2D eigenvalue weighted by Gasteiger charge is 2.21. The molecule has 0 bridgehead atoms. The molecule has 33 heavy (non-hydrogen) atoms. The number of ether oxygens (including phenoxy) is 1. The zero-order chi connectivity index (χ0) is 24.0. The lowest BCUT2D eigenvalue weighted by Gasteiger charge is -2.20. The molecule has 0 saturated carbocycles. The van der Waals surface area contributed by atoms with Gasteiger partial charge in [0.2, 0.25) is 0 Å². The van der Waals surface area contributed by atoms with Crippen molar-refractivity contribution < 1.29 is 24.2 Å². The highest BCUT2D eigenvalue weighted by molar-refractivity contribution is 5.95. The molecule has 0 aliphatic heterocycles. The van der Waals surface area contributed by atoms with Crippen LogP contribution in [0.3, 0.4) is 0 Å². The molecule has 2 amide bonds. The fourth-order valence-corrected chi connectivity index (χ4v) is 3.03. The summed E-state index contributed by atoms with van der Waals surface area (Å²) in [5.41, 5.74) is 1.49. The summed E-state index contributed by atoms with van der Waals surface area (Å²) in [4.78, 5) is 53.8. The molecule has 0 aliphatic rings. The number of benzene rings is 2. The first kappa shape index (κ1) is 23.2. The van der Waals surface area contributed by atoms with Crippen molar-refractivity contribution in [2.75, 3.05) is 13.7 Å². The van der Waals surface area contributed by atoms with E-state index < -0.39 is 41.8 Å². The average molecular weight is 450 g/mol. The number of hydrogen-bond donors (Lipinski definition) is 4. The average Bonchev–Trinajstić information content (AvgIpc) is 2.81. The van der Waals surface area contributed by atoms with Crippen molar-refractivity contribution in [3.63, 3.8) is 0 Å². The predicted molar refractivity (Wildman–Crippen MR) is 118 cm³/mol. The lowest BCUT2D eigenvalue weighted by Crippen LogP contribution is -2.36. The summed E-state index contributed by atoms with van der Waals surface area (Å²) in [6.45, 7) is 1.31. The molecule has 1 aromatic heterocycles. The number of carboxylic acids is 1. The number of carboxylic acid groups (broad SMARTS) is 1. The van der Waals surface area contributed by atoms with Gasteiger partial charge in [-0.1, -0.05) is 42.0 Å². The van der Waals surface area contributed by atoms with Gasteiger partial charge in [-0.05, 0) is 30.2 Å². The number of aromatic amines is 1. The summed E-state index contributed by atoms with van der Waals surface area (Å²) in [5.74, 6) is -2.56. The maximum Gasteiger partial charge on any atom is 0.322 e. The van der Waals surface area contributed by atoms with Crippen LogP contribution in [-0.4, -0.2) is 46.5 Å². The molecule has 3 aromatic rings. The zero-order valence-electron chi connectivity index (χ0n) is 17.9. The molecule has 1 heterocycles. The molecule has 10 heteroatoms. The number of carbonyl (C=O) groups excluding carboxylic acids is 2. The Kier molecular flexibility index (Phi) is 7.19. The number of aryl methyl sites for hydroxylation is 1. The summed E-state index contributed by atoms with van der Waals surface area (Å²) in [7, 11) is 1.55. The maximum atomic E-state index is 12.9. The van der Waals surface area contributed by atoms with Gasteiger partial charge in [0.15, 0.2) is 5.82 Å². The molecular weight excluding hydrogens is 428 g/mol. The molecule has 1 atom stereocenters. The Labute approximate surface area is 188 Å². The van der Waals surface area contributed by atoms with Gasteiger partial charge in [0.1, 0.15) is 17.9 Å². The van der Waals surface area contributed by atoms with Crippen LogP contribution < -0.4 is 20.9 Å². The topological polar surface area (TPSA) is 150 Å². The smallest absolute Gasteiger partial charge is 0.322 e. The van der Waals surface area contributed by atoms with Gasteiger partial charge >= 0.3 is 5.97 Å². The van der Waals surface area contributed by atoms with Crippen molar-refractivity contribution >= 4 is 17.8 Å². The van der Waals surface area contributed by atoms with Gasteiger partial charge in [-0.25, -0.2) is 4.98 Å². The van der Waals surface area contributed by atoms with E-state index in [1.807, 2.05) is 43.3 Å². The standard InChI is InChI=1S/C23H22N4O6/c1-13-3-5-14(6-4-13)19(15-7-9-16(33-2)10-8-15)26-21(30)17-11-24-20(27-22(17)31)23(32)25-12-18(28)29/h3-11,19H,12H2,1-2H3,(H,25,32)(H,26,30)(H,28,29)(H,24,27,31). The van der Waals surface area contributed by atoms with Gasteiger partial charge in [-0.2, -0.15) is 0 Å². The van der Waals surface area contributed by atoms with E-state index in [0.717, 1.165) is 22.9 Å². The van der Waals surface area contributed by atoms with Gasteiger partial charge in [0, 0.05) is 6.20 Å². The molecule has 0 fully saturated rings. The number of amides is 2. The van der Waals surface area contributed by atoms with Gasteiger partial charge in [0.05, 0.1) is 13.2 Å². The summed E-state index contributed by atoms with van der Waals surface area (Å²) >= 11 is 0. The van der Waals surface area contributed by atoms with Crippen molar-refractivity contribution in [2.24, 2.45) is 0 Å². The molecule has 4 N–H and O–H groups in total. The van der Waals surface area contributed by atoms with Crippen molar-refractivity contribution in [3.05, 3.63) is 93.2 Å². The third-order valence-electron chi connectivity index (χ3n) is 4.79. The number of rotatable bonds is 8. The molecule has 2 aromatic carbocycles. The van der Waals surface area contributed by atoms with Gasteiger partial charge in [0.25, 0.3) is 17.4 Å². The van der Waals surface area contributed by atoms with Crippen molar-refractivity contribution in [3.8, 4) is 5.75 Å². The molecule has 0 aliphatic carbocycles. The molecule has 3 rings (SSSR count). The highest BCUT2D eigenvalue weighted by Crippen LogP contribution is 2.25. The number of hydrogen-bond acceptors (Lipinski definition) is 6. The monoisotopic (exact) mass is 450 g/mol. The SMILES string of the molecule is COc1ccc(C(NC(=O)c2cnc(C(=O)NCC(=O)O)[nH]c2=O)c2ccc(C)cc2)cc1. The van der Waals surface area contributed by atoms with E-state index in [2.05, 4.69) is 20.6 Å². The molecule has 0 saturated heterocycles. The maximum absolute atomic E-state index is 12.9. The first-order valence-electron chi connectivity index (χ1n) is 9.89. The first-order chi connectivity index (χ1) is 15.8. The number of nitrogens with one attached hydrogen (secondary N) is 3. The second kappa shape index (κ2) is 10.2. The lowest BCUT2D eigenvalue weighted by atomic mass is 9.97. The van der Waals surface area contributed by atoms with Crippen LogP contribution in [0.25, 0.3) is 0 Å². The summed E-state index contributed by atoms with van der Waals surface area (Å²) in [5, 5.41) is 13.5. The number of methoxy groups -OCH3 is 1. The molecule has 0 radical (unpaired) electrons. The second-order valence-corrected chi connectivity index (χ2v) is 7.14. The molecule has 170 valence electrons. The van der Waals surface area contributed by atoms with Gasteiger partial charge in [-0.15, -0.1) is 0 Å². The van der Waals surface area contributed by atoms with E-state index in [-0.39, 0.29) is 5.56 Å². The number of carbonyl (C=O) groups is 3. The predicted octanol–water partition coefficient (Wildman–Crippen LogP) is 1.42. The number of H-pyrrole nitrogens is 1. The number of aliphatic carboxylic acids is 1. The van der Waals surface area contributed by atoms with Crippen LogP contribution >= 0.6 is 0 Å². The van der Waals surface area contributed by atoms with Crippen LogP contribution in [0.15, 0.2) is 59.5 Å². The van der Waals surface area contributed by atoms with E-state index in [0.29, 0.717) is 5.75 Å². The quantitative estimate of drug-likeness (QED) is 0.405. The largest absolute Gasteiger partial charge is 0.497 e. The Morgan fingerprint density at radius 2 is 1.64 bits per heavy atom. The van der Waals surface area contributed by atoms with Crippen LogP contribution in [0.5, 0.6) is 5.75 Å². The van der Waals surface area contributed by atoms with Crippen LogP contribution in [0.4, 0.5) is 0 Å². The van der Waals surface area contributed by atoms with Crippen molar-refractivity contribution in [1.29, 1.82) is 0 Å². The first-order valence-corrected chi connectivity index (χ1v) is 9.89. The van der Waals surface area contributed by atoms with Crippen LogP contribution in [0.2, 0.25) is 0 Å². The summed E-state index contributed by atoms with van der Waals surface area (Å²) < 4.78 is 5.19. The third kappa shape index (κ3) is 5.82. The van der Waals surface area contributed by atoms with Crippen molar-refractivity contribution in [2.45, 2.75) is 13.0 Å². The second-order valence-electron chi connectivity index (χ2n) is 7.14. The Balaban J connectivity index is 1.87. The molecular formula is C23H22N4O6. The van der Waals surface area contributed by atoms with E-state index >= 15 is 0 Å². The zero-order valence-corrected chi connectivity index (χ0v) is 17.9. The minimum Gasteiger partial charge on any atom is -0.497 e. The van der Waals surface area contributed by atoms with Crippen LogP contribution in [0.1, 0.15) is 43.7 Å². The molecule has 1 unspecified atom stereocenters. The summed E-state index contributed by atoms with van der Waals surface area (Å²) in [6, 6.07) is 14.2. The Morgan fingerprint density at radius 1 is 1.03 bits per heavy atom. The summed E-state index contributed by atoms with van der Waals surface area (Å²) in [6.07, 6.45) is 0.976. The molecule has 10 nitrogen and oxygen atoms in total. The van der Waals surface area contributed by atoms with Gasteiger partial charge < -0.3 is 25.5 Å².